The first-order chi connectivity index (χ1) is 16.7. The Morgan fingerprint density at radius 1 is 1.31 bits per heavy atom. The lowest BCUT2D eigenvalue weighted by molar-refractivity contribution is -0.151. The molecule has 192 valence electrons. The minimum Gasteiger partial charge on any atom is -0.444 e. The zero-order valence-electron chi connectivity index (χ0n) is 21.5. The summed E-state index contributed by atoms with van der Waals surface area (Å²) in [4.78, 5) is 34.4. The molecule has 1 aliphatic carbocycles. The molecular formula is C26H38N4O5. The molecule has 1 saturated heterocycles. The summed E-state index contributed by atoms with van der Waals surface area (Å²) in [6.07, 6.45) is 5.67. The normalized spacial score (nSPS) is 19.6. The van der Waals surface area contributed by atoms with Gasteiger partial charge in [0.2, 0.25) is 0 Å². The van der Waals surface area contributed by atoms with Crippen LogP contribution < -0.4 is 0 Å². The summed E-state index contributed by atoms with van der Waals surface area (Å²) in [6.45, 7) is 10.0. The van der Waals surface area contributed by atoms with Gasteiger partial charge in [0.15, 0.2) is 6.10 Å². The molecule has 2 fully saturated rings. The Balaban J connectivity index is 1.50. The zero-order valence-corrected chi connectivity index (χ0v) is 21.5. The molecule has 3 heterocycles. The number of carbonyl (C=O) groups is 2. The van der Waals surface area contributed by atoms with Crippen molar-refractivity contribution < 1.29 is 23.8 Å². The van der Waals surface area contributed by atoms with Crippen LogP contribution in [0.5, 0.6) is 0 Å². The molecule has 0 aromatic carbocycles. The van der Waals surface area contributed by atoms with Crippen molar-refractivity contribution in [2.24, 2.45) is 0 Å². The Morgan fingerprint density at radius 3 is 2.77 bits per heavy atom. The highest BCUT2D eigenvalue weighted by Crippen LogP contribution is 2.36. The van der Waals surface area contributed by atoms with Gasteiger partial charge in [-0.15, -0.1) is 0 Å². The molecule has 1 unspecified atom stereocenters. The standard InChI is InChI=1S/C26H38N4O5/c1-18(19-15-22-21(27-16-19)9-11-28(22)10-6-13-33-5)30(20-7-8-20)24(31)23-17-29(12-14-34-23)25(32)35-26(2,3)4/h9,11,15-16,18,20,23H,6-8,10,12-14,17H2,1-5H3/t18?,23-/m1/s1. The Kier molecular flexibility index (Phi) is 7.66. The zero-order chi connectivity index (χ0) is 25.2. The maximum absolute atomic E-state index is 13.7. The number of pyridine rings is 1. The number of hydrogen-bond acceptors (Lipinski definition) is 6. The van der Waals surface area contributed by atoms with Crippen molar-refractivity contribution in [3.63, 3.8) is 0 Å². The van der Waals surface area contributed by atoms with Crippen molar-refractivity contribution in [3.8, 4) is 0 Å². The number of aryl methyl sites for hydroxylation is 1. The minimum atomic E-state index is -0.700. The van der Waals surface area contributed by atoms with E-state index in [-0.39, 0.29) is 24.5 Å². The lowest BCUT2D eigenvalue weighted by atomic mass is 10.1. The Labute approximate surface area is 207 Å². The predicted molar refractivity (Wildman–Crippen MR) is 132 cm³/mol. The lowest BCUT2D eigenvalue weighted by Gasteiger charge is -2.37. The first-order valence-corrected chi connectivity index (χ1v) is 12.5. The van der Waals surface area contributed by atoms with Crippen LogP contribution in [-0.4, -0.2) is 82.5 Å². The monoisotopic (exact) mass is 486 g/mol. The number of aromatic nitrogens is 2. The number of amides is 2. The average Bonchev–Trinajstić information content (AvgIpc) is 3.57. The topological polar surface area (TPSA) is 86.1 Å². The second-order valence-electron chi connectivity index (χ2n) is 10.5. The van der Waals surface area contributed by atoms with Crippen molar-refractivity contribution in [1.82, 2.24) is 19.4 Å². The first-order valence-electron chi connectivity index (χ1n) is 12.5. The Hall–Kier alpha value is -2.65. The van der Waals surface area contributed by atoms with E-state index in [2.05, 4.69) is 15.6 Å². The highest BCUT2D eigenvalue weighted by molar-refractivity contribution is 5.83. The van der Waals surface area contributed by atoms with Crippen molar-refractivity contribution in [3.05, 3.63) is 30.1 Å². The third kappa shape index (κ3) is 6.13. The van der Waals surface area contributed by atoms with Gasteiger partial charge < -0.3 is 28.6 Å². The van der Waals surface area contributed by atoms with E-state index >= 15 is 0 Å². The molecule has 2 aromatic rings. The number of fused-ring (bicyclic) bond motifs is 1. The summed E-state index contributed by atoms with van der Waals surface area (Å²) in [5.74, 6) is -0.0798. The van der Waals surface area contributed by atoms with Gasteiger partial charge in [0.25, 0.3) is 5.91 Å². The quantitative estimate of drug-likeness (QED) is 0.528. The molecule has 2 atom stereocenters. The van der Waals surface area contributed by atoms with E-state index in [0.29, 0.717) is 19.8 Å². The van der Waals surface area contributed by atoms with Gasteiger partial charge in [-0.2, -0.15) is 0 Å². The second-order valence-corrected chi connectivity index (χ2v) is 10.5. The van der Waals surface area contributed by atoms with Crippen LogP contribution in [0.25, 0.3) is 11.0 Å². The predicted octanol–water partition coefficient (Wildman–Crippen LogP) is 3.76. The molecule has 0 bridgehead atoms. The third-order valence-electron chi connectivity index (χ3n) is 6.48. The molecule has 2 amide bonds. The van der Waals surface area contributed by atoms with Crippen LogP contribution in [0.4, 0.5) is 4.79 Å². The van der Waals surface area contributed by atoms with Gasteiger partial charge in [-0.1, -0.05) is 0 Å². The summed E-state index contributed by atoms with van der Waals surface area (Å²) in [7, 11) is 1.71. The maximum atomic E-state index is 13.7. The highest BCUT2D eigenvalue weighted by Gasteiger charge is 2.42. The molecule has 0 N–H and O–H groups in total. The molecule has 4 rings (SSSR count). The molecule has 0 spiro atoms. The second kappa shape index (κ2) is 10.5. The summed E-state index contributed by atoms with van der Waals surface area (Å²) >= 11 is 0. The molecule has 9 heteroatoms. The molecule has 2 aliphatic rings. The van der Waals surface area contributed by atoms with Crippen LogP contribution >= 0.6 is 0 Å². The largest absolute Gasteiger partial charge is 0.444 e. The number of methoxy groups -OCH3 is 1. The number of nitrogens with zero attached hydrogens (tertiary/aromatic N) is 4. The maximum Gasteiger partial charge on any atom is 0.410 e. The van der Waals surface area contributed by atoms with E-state index in [1.807, 2.05) is 51.1 Å². The number of carbonyl (C=O) groups excluding carboxylic acids is 2. The van der Waals surface area contributed by atoms with Crippen LogP contribution in [-0.2, 0) is 25.5 Å². The molecule has 2 aromatic heterocycles. The van der Waals surface area contributed by atoms with Gasteiger partial charge in [-0.3, -0.25) is 9.78 Å². The number of morpholine rings is 1. The fraction of sp³-hybridized carbons (Fsp3) is 0.654. The van der Waals surface area contributed by atoms with E-state index in [0.717, 1.165) is 42.4 Å². The van der Waals surface area contributed by atoms with Gasteiger partial charge >= 0.3 is 6.09 Å². The van der Waals surface area contributed by atoms with Gasteiger partial charge in [-0.25, -0.2) is 4.79 Å². The SMILES string of the molecule is COCCCn1ccc2ncc(C(C)N(C(=O)[C@H]3CN(C(=O)OC(C)(C)C)CCO3)C3CC3)cc21. The molecule has 9 nitrogen and oxygen atoms in total. The Morgan fingerprint density at radius 2 is 2.09 bits per heavy atom. The number of ether oxygens (including phenoxy) is 3. The summed E-state index contributed by atoms with van der Waals surface area (Å²) in [5, 5.41) is 0. The van der Waals surface area contributed by atoms with Crippen molar-refractivity contribution in [1.29, 1.82) is 0 Å². The van der Waals surface area contributed by atoms with Crippen LogP contribution in [0, 0.1) is 0 Å². The molecular weight excluding hydrogens is 448 g/mol. The van der Waals surface area contributed by atoms with Crippen LogP contribution in [0.2, 0.25) is 0 Å². The van der Waals surface area contributed by atoms with Gasteiger partial charge in [0, 0.05) is 45.2 Å². The fourth-order valence-electron chi connectivity index (χ4n) is 4.54. The minimum absolute atomic E-state index is 0.0798. The van der Waals surface area contributed by atoms with E-state index in [1.165, 1.54) is 0 Å². The van der Waals surface area contributed by atoms with Crippen LogP contribution in [0.3, 0.4) is 0 Å². The molecule has 35 heavy (non-hydrogen) atoms. The van der Waals surface area contributed by atoms with E-state index in [9.17, 15) is 9.59 Å². The third-order valence-corrected chi connectivity index (χ3v) is 6.48. The first kappa shape index (κ1) is 25.4. The molecule has 1 aliphatic heterocycles. The lowest BCUT2D eigenvalue weighted by Crippen LogP contribution is -2.54. The van der Waals surface area contributed by atoms with Gasteiger partial charge in [0.1, 0.15) is 5.60 Å². The summed E-state index contributed by atoms with van der Waals surface area (Å²) in [5.41, 5.74) is 2.39. The van der Waals surface area contributed by atoms with E-state index in [4.69, 9.17) is 14.2 Å². The van der Waals surface area contributed by atoms with Crippen LogP contribution in [0.1, 0.15) is 58.6 Å². The van der Waals surface area contributed by atoms with E-state index < -0.39 is 17.8 Å². The fourth-order valence-corrected chi connectivity index (χ4v) is 4.54. The Bertz CT molecular complexity index is 1040. The molecule has 1 saturated carbocycles. The van der Waals surface area contributed by atoms with Crippen molar-refractivity contribution in [2.75, 3.05) is 33.4 Å². The van der Waals surface area contributed by atoms with Gasteiger partial charge in [-0.05, 0) is 64.7 Å². The summed E-state index contributed by atoms with van der Waals surface area (Å²) in [6, 6.07) is 4.18. The van der Waals surface area contributed by atoms with Crippen LogP contribution in [0.15, 0.2) is 24.5 Å². The smallest absolute Gasteiger partial charge is 0.410 e. The number of hydrogen-bond donors (Lipinski definition) is 0. The van der Waals surface area contributed by atoms with Crippen molar-refractivity contribution >= 4 is 23.0 Å². The van der Waals surface area contributed by atoms with Crippen molar-refractivity contribution in [2.45, 2.75) is 77.3 Å². The average molecular weight is 487 g/mol. The van der Waals surface area contributed by atoms with E-state index in [1.54, 1.807) is 12.0 Å². The highest BCUT2D eigenvalue weighted by atomic mass is 16.6. The van der Waals surface area contributed by atoms with Gasteiger partial charge in [0.05, 0.1) is 30.2 Å². The molecule has 0 radical (unpaired) electrons. The summed E-state index contributed by atoms with van der Waals surface area (Å²) < 4.78 is 18.7. The number of rotatable bonds is 8.